The van der Waals surface area contributed by atoms with E-state index in [0.717, 1.165) is 25.6 Å². The first-order valence-electron chi connectivity index (χ1n) is 10.3. The van der Waals surface area contributed by atoms with E-state index in [2.05, 4.69) is 37.4 Å². The van der Waals surface area contributed by atoms with Gasteiger partial charge in [-0.3, -0.25) is 9.69 Å². The van der Waals surface area contributed by atoms with Gasteiger partial charge in [0.1, 0.15) is 5.69 Å². The molecule has 3 aromatic heterocycles. The van der Waals surface area contributed by atoms with Crippen molar-refractivity contribution in [1.82, 2.24) is 29.8 Å². The second-order valence-corrected chi connectivity index (χ2v) is 7.70. The first kappa shape index (κ1) is 21.1. The maximum atomic E-state index is 13.6. The fourth-order valence-corrected chi connectivity index (χ4v) is 3.87. The molecule has 1 N–H and O–H groups in total. The van der Waals surface area contributed by atoms with E-state index in [4.69, 9.17) is 4.42 Å². The molecule has 1 amide bonds. The molecule has 1 aliphatic heterocycles. The summed E-state index contributed by atoms with van der Waals surface area (Å²) >= 11 is 0. The summed E-state index contributed by atoms with van der Waals surface area (Å²) in [4.78, 5) is 22.7. The predicted octanol–water partition coefficient (Wildman–Crippen LogP) is 3.19. The molecule has 1 aliphatic rings. The monoisotopic (exact) mass is 456 g/mol. The molecule has 170 valence electrons. The fraction of sp³-hybridized carbons (Fsp3) is 0.273. The van der Waals surface area contributed by atoms with Gasteiger partial charge in [-0.1, -0.05) is 24.3 Å². The van der Waals surface area contributed by atoms with E-state index >= 15 is 0 Å². The van der Waals surface area contributed by atoms with Gasteiger partial charge in [0.05, 0.1) is 6.26 Å². The van der Waals surface area contributed by atoms with Crippen molar-refractivity contribution in [1.29, 1.82) is 0 Å². The number of fused-ring (bicyclic) bond motifs is 2. The Morgan fingerprint density at radius 2 is 1.94 bits per heavy atom. The van der Waals surface area contributed by atoms with Crippen LogP contribution in [0.15, 0.2) is 53.1 Å². The van der Waals surface area contributed by atoms with Crippen LogP contribution in [0.3, 0.4) is 0 Å². The third-order valence-electron chi connectivity index (χ3n) is 5.50. The van der Waals surface area contributed by atoms with Crippen molar-refractivity contribution in [2.75, 3.05) is 19.6 Å². The van der Waals surface area contributed by atoms with Crippen molar-refractivity contribution in [3.63, 3.8) is 0 Å². The quantitative estimate of drug-likeness (QED) is 0.496. The van der Waals surface area contributed by atoms with Gasteiger partial charge >= 0.3 is 6.18 Å². The molecule has 0 saturated heterocycles. The Morgan fingerprint density at radius 1 is 1.12 bits per heavy atom. The zero-order valence-electron chi connectivity index (χ0n) is 17.3. The maximum absolute atomic E-state index is 13.6. The van der Waals surface area contributed by atoms with Crippen LogP contribution in [0.1, 0.15) is 27.4 Å². The normalized spacial score (nSPS) is 14.4. The molecule has 0 radical (unpaired) electrons. The van der Waals surface area contributed by atoms with E-state index in [1.54, 1.807) is 0 Å². The van der Waals surface area contributed by atoms with Crippen LogP contribution < -0.4 is 5.32 Å². The van der Waals surface area contributed by atoms with E-state index in [1.807, 2.05) is 12.1 Å². The Morgan fingerprint density at radius 3 is 2.70 bits per heavy atom. The fourth-order valence-electron chi connectivity index (χ4n) is 3.87. The van der Waals surface area contributed by atoms with Crippen molar-refractivity contribution in [2.24, 2.45) is 0 Å². The first-order chi connectivity index (χ1) is 15.9. The molecule has 0 saturated carbocycles. The molecule has 0 fully saturated rings. The number of hydrogen-bond acceptors (Lipinski definition) is 6. The first-order valence-corrected chi connectivity index (χ1v) is 10.3. The van der Waals surface area contributed by atoms with Crippen LogP contribution in [-0.4, -0.2) is 50.0 Å². The van der Waals surface area contributed by atoms with Crippen LogP contribution in [0.2, 0.25) is 0 Å². The molecule has 5 rings (SSSR count). The summed E-state index contributed by atoms with van der Waals surface area (Å²) in [6, 6.07) is 12.1. The van der Waals surface area contributed by atoms with Gasteiger partial charge in [0.2, 0.25) is 5.82 Å². The molecule has 33 heavy (non-hydrogen) atoms. The van der Waals surface area contributed by atoms with Crippen LogP contribution in [0.4, 0.5) is 13.2 Å². The van der Waals surface area contributed by atoms with Crippen molar-refractivity contribution in [3.8, 4) is 11.5 Å². The van der Waals surface area contributed by atoms with Gasteiger partial charge in [0, 0.05) is 26.2 Å². The predicted molar refractivity (Wildman–Crippen MR) is 111 cm³/mol. The molecule has 0 bridgehead atoms. The Balaban J connectivity index is 1.31. The number of aromatic nitrogens is 4. The van der Waals surface area contributed by atoms with E-state index in [-0.39, 0.29) is 23.1 Å². The molecular formula is C22H19F3N6O2. The molecule has 1 aromatic carbocycles. The average molecular weight is 456 g/mol. The van der Waals surface area contributed by atoms with E-state index in [1.165, 1.54) is 29.5 Å². The van der Waals surface area contributed by atoms with E-state index in [0.29, 0.717) is 17.6 Å². The lowest BCUT2D eigenvalue weighted by Crippen LogP contribution is -2.38. The van der Waals surface area contributed by atoms with Crippen molar-refractivity contribution >= 4 is 11.7 Å². The topological polar surface area (TPSA) is 88.6 Å². The SMILES string of the molecule is O=C(NCCN1CCc2ccccc2C1)c1nc2nc(-c3ccco3)cc(C(F)(F)F)n2n1. The summed E-state index contributed by atoms with van der Waals surface area (Å²) in [6.07, 6.45) is -2.46. The number of nitrogens with one attached hydrogen (secondary N) is 1. The highest BCUT2D eigenvalue weighted by molar-refractivity contribution is 5.90. The Hall–Kier alpha value is -3.73. The molecule has 0 unspecified atom stereocenters. The molecular weight excluding hydrogens is 437 g/mol. The Kier molecular flexibility index (Phi) is 5.33. The average Bonchev–Trinajstić information content (AvgIpc) is 3.47. The molecule has 0 aliphatic carbocycles. The van der Waals surface area contributed by atoms with Crippen LogP contribution in [0, 0.1) is 0 Å². The van der Waals surface area contributed by atoms with Gasteiger partial charge < -0.3 is 9.73 Å². The lowest BCUT2D eigenvalue weighted by Gasteiger charge is -2.28. The summed E-state index contributed by atoms with van der Waals surface area (Å²) in [5.41, 5.74) is 1.44. The number of benzene rings is 1. The van der Waals surface area contributed by atoms with Crippen molar-refractivity contribution in [2.45, 2.75) is 19.1 Å². The van der Waals surface area contributed by atoms with Gasteiger partial charge in [0.25, 0.3) is 11.7 Å². The molecule has 0 spiro atoms. The molecule has 8 nitrogen and oxygen atoms in total. The van der Waals surface area contributed by atoms with Crippen LogP contribution in [-0.2, 0) is 19.1 Å². The summed E-state index contributed by atoms with van der Waals surface area (Å²) in [5.74, 6) is -1.23. The highest BCUT2D eigenvalue weighted by Gasteiger charge is 2.36. The highest BCUT2D eigenvalue weighted by atomic mass is 19.4. The second kappa shape index (κ2) is 8.32. The standard InChI is InChI=1S/C22H19F3N6O2/c23-22(24,25)18-12-16(17-6-3-11-33-17)27-21-28-19(29-31(18)21)20(32)26-8-10-30-9-7-14-4-1-2-5-15(14)13-30/h1-6,11-12H,7-10,13H2,(H,26,32). The molecule has 4 heterocycles. The summed E-state index contributed by atoms with van der Waals surface area (Å²) in [7, 11) is 0. The minimum Gasteiger partial charge on any atom is -0.463 e. The van der Waals surface area contributed by atoms with Crippen molar-refractivity contribution in [3.05, 3.63) is 71.4 Å². The number of carbonyl (C=O) groups is 1. The third kappa shape index (κ3) is 4.31. The zero-order chi connectivity index (χ0) is 23.0. The number of hydrogen-bond donors (Lipinski definition) is 1. The van der Waals surface area contributed by atoms with E-state index in [9.17, 15) is 18.0 Å². The lowest BCUT2D eigenvalue weighted by atomic mass is 10.00. The molecule has 0 atom stereocenters. The maximum Gasteiger partial charge on any atom is 0.433 e. The largest absolute Gasteiger partial charge is 0.463 e. The van der Waals surface area contributed by atoms with Gasteiger partial charge in [-0.25, -0.2) is 4.98 Å². The number of amides is 1. The van der Waals surface area contributed by atoms with Gasteiger partial charge in [0.15, 0.2) is 11.5 Å². The van der Waals surface area contributed by atoms with Crippen LogP contribution in [0.25, 0.3) is 17.2 Å². The highest BCUT2D eigenvalue weighted by Crippen LogP contribution is 2.32. The summed E-state index contributed by atoms with van der Waals surface area (Å²) in [6.45, 7) is 2.57. The minimum atomic E-state index is -4.73. The molecule has 4 aromatic rings. The van der Waals surface area contributed by atoms with Crippen molar-refractivity contribution < 1.29 is 22.4 Å². The summed E-state index contributed by atoms with van der Waals surface area (Å²) in [5, 5.41) is 6.45. The number of carbonyl (C=O) groups excluding carboxylic acids is 1. The minimum absolute atomic E-state index is 0.0513. The summed E-state index contributed by atoms with van der Waals surface area (Å²) < 4.78 is 46.5. The van der Waals surface area contributed by atoms with Crippen LogP contribution >= 0.6 is 0 Å². The number of alkyl halides is 3. The third-order valence-corrected chi connectivity index (χ3v) is 5.50. The zero-order valence-corrected chi connectivity index (χ0v) is 17.3. The number of halogens is 3. The second-order valence-electron chi connectivity index (χ2n) is 7.70. The number of rotatable bonds is 5. The lowest BCUT2D eigenvalue weighted by molar-refractivity contribution is -0.142. The van der Waals surface area contributed by atoms with Gasteiger partial charge in [-0.05, 0) is 35.7 Å². The molecule has 11 heteroatoms. The Bertz CT molecular complexity index is 1300. The Labute approximate surface area is 186 Å². The van der Waals surface area contributed by atoms with E-state index < -0.39 is 17.8 Å². The van der Waals surface area contributed by atoms with Gasteiger partial charge in [-0.15, -0.1) is 5.10 Å². The number of nitrogens with zero attached hydrogens (tertiary/aromatic N) is 5. The van der Waals surface area contributed by atoms with Crippen LogP contribution in [0.5, 0.6) is 0 Å². The van der Waals surface area contributed by atoms with Gasteiger partial charge in [-0.2, -0.15) is 22.7 Å². The number of furan rings is 1. The smallest absolute Gasteiger partial charge is 0.433 e.